The molecule has 2 rings (SSSR count). The van der Waals surface area contributed by atoms with Gasteiger partial charge in [-0.25, -0.2) is 4.79 Å². The standard InChI is InChI=1S/C22H21F2NO5/c1-2-3-20(27)25-17-9-7-16(8-10-17)19(26)14-29-21(28)13-6-15-4-11-18(12-5-15)30-22(23)24/h4-13,22H,2-3,14H2,1H3,(H,25,27)/b13-6+. The van der Waals surface area contributed by atoms with Gasteiger partial charge in [-0.05, 0) is 54.5 Å². The van der Waals surface area contributed by atoms with E-state index in [-0.39, 0.29) is 11.7 Å². The molecular weight excluding hydrogens is 396 g/mol. The Hall–Kier alpha value is -3.55. The van der Waals surface area contributed by atoms with Crippen molar-refractivity contribution >= 4 is 29.4 Å². The molecule has 1 N–H and O–H groups in total. The molecular formula is C22H21F2NO5. The third-order valence-corrected chi connectivity index (χ3v) is 3.83. The molecule has 0 atom stereocenters. The Kier molecular flexibility index (Phi) is 8.68. The van der Waals surface area contributed by atoms with E-state index in [0.29, 0.717) is 23.2 Å². The van der Waals surface area contributed by atoms with Gasteiger partial charge >= 0.3 is 12.6 Å². The maximum Gasteiger partial charge on any atom is 0.387 e. The van der Waals surface area contributed by atoms with Crippen LogP contribution in [0.25, 0.3) is 6.08 Å². The first kappa shape index (κ1) is 22.7. The van der Waals surface area contributed by atoms with E-state index >= 15 is 0 Å². The fourth-order valence-corrected chi connectivity index (χ4v) is 2.38. The Labute approximate surface area is 172 Å². The first-order chi connectivity index (χ1) is 14.4. The van der Waals surface area contributed by atoms with Crippen molar-refractivity contribution in [3.63, 3.8) is 0 Å². The van der Waals surface area contributed by atoms with Gasteiger partial charge in [0, 0.05) is 23.7 Å². The summed E-state index contributed by atoms with van der Waals surface area (Å²) in [6.45, 7) is -1.44. The molecule has 0 aliphatic heterocycles. The number of anilines is 1. The summed E-state index contributed by atoms with van der Waals surface area (Å²) in [6, 6.07) is 12.0. The van der Waals surface area contributed by atoms with Crippen LogP contribution in [-0.4, -0.2) is 30.9 Å². The summed E-state index contributed by atoms with van der Waals surface area (Å²) in [5.74, 6) is -1.21. The van der Waals surface area contributed by atoms with Gasteiger partial charge in [-0.3, -0.25) is 9.59 Å². The zero-order chi connectivity index (χ0) is 21.9. The van der Waals surface area contributed by atoms with E-state index in [1.54, 1.807) is 12.1 Å². The predicted molar refractivity (Wildman–Crippen MR) is 107 cm³/mol. The van der Waals surface area contributed by atoms with Gasteiger partial charge in [0.05, 0.1) is 0 Å². The number of hydrogen-bond acceptors (Lipinski definition) is 5. The van der Waals surface area contributed by atoms with Gasteiger partial charge < -0.3 is 14.8 Å². The Morgan fingerprint density at radius 3 is 2.30 bits per heavy atom. The lowest BCUT2D eigenvalue weighted by Crippen LogP contribution is -2.13. The van der Waals surface area contributed by atoms with Gasteiger partial charge in [0.15, 0.2) is 12.4 Å². The van der Waals surface area contributed by atoms with Gasteiger partial charge in [-0.15, -0.1) is 0 Å². The normalized spacial score (nSPS) is 10.8. The second-order valence-electron chi connectivity index (χ2n) is 6.19. The third kappa shape index (κ3) is 7.83. The number of nitrogens with one attached hydrogen (secondary N) is 1. The monoisotopic (exact) mass is 417 g/mol. The summed E-state index contributed by atoms with van der Waals surface area (Å²) in [5.41, 5.74) is 1.49. The molecule has 0 saturated heterocycles. The summed E-state index contributed by atoms with van der Waals surface area (Å²) < 4.78 is 33.4. The molecule has 0 aliphatic carbocycles. The molecule has 30 heavy (non-hydrogen) atoms. The zero-order valence-corrected chi connectivity index (χ0v) is 16.3. The molecule has 0 aliphatic rings. The first-order valence-electron chi connectivity index (χ1n) is 9.20. The third-order valence-electron chi connectivity index (χ3n) is 3.83. The molecule has 2 aromatic carbocycles. The minimum absolute atomic E-state index is 0.00581. The van der Waals surface area contributed by atoms with E-state index in [9.17, 15) is 23.2 Å². The van der Waals surface area contributed by atoms with Crippen LogP contribution in [0.15, 0.2) is 54.6 Å². The number of rotatable bonds is 10. The minimum atomic E-state index is -2.91. The molecule has 0 unspecified atom stereocenters. The van der Waals surface area contributed by atoms with E-state index in [1.807, 2.05) is 6.92 Å². The number of halogens is 2. The van der Waals surface area contributed by atoms with Crippen molar-refractivity contribution in [3.8, 4) is 5.75 Å². The van der Waals surface area contributed by atoms with Gasteiger partial charge in [0.2, 0.25) is 5.91 Å². The lowest BCUT2D eigenvalue weighted by Gasteiger charge is -2.06. The van der Waals surface area contributed by atoms with Crippen molar-refractivity contribution < 1.29 is 32.6 Å². The largest absolute Gasteiger partial charge is 0.454 e. The molecule has 0 radical (unpaired) electrons. The Balaban J connectivity index is 1.81. The van der Waals surface area contributed by atoms with Crippen molar-refractivity contribution in [1.29, 1.82) is 0 Å². The van der Waals surface area contributed by atoms with Crippen LogP contribution in [0, 0.1) is 0 Å². The highest BCUT2D eigenvalue weighted by Gasteiger charge is 2.09. The highest BCUT2D eigenvalue weighted by molar-refractivity contribution is 5.99. The average molecular weight is 417 g/mol. The SMILES string of the molecule is CCCC(=O)Nc1ccc(C(=O)COC(=O)/C=C/c2ccc(OC(F)F)cc2)cc1. The van der Waals surface area contributed by atoms with Gasteiger partial charge in [0.1, 0.15) is 5.75 Å². The van der Waals surface area contributed by atoms with Crippen molar-refractivity contribution in [1.82, 2.24) is 0 Å². The quantitative estimate of drug-likeness (QED) is 0.351. The van der Waals surface area contributed by atoms with Crippen molar-refractivity contribution in [2.75, 3.05) is 11.9 Å². The number of ether oxygens (including phenoxy) is 2. The maximum absolute atomic E-state index is 12.1. The molecule has 6 nitrogen and oxygen atoms in total. The fraction of sp³-hybridized carbons (Fsp3) is 0.227. The number of Topliss-reactive ketones (excluding diaryl/α,β-unsaturated/α-hetero) is 1. The summed E-state index contributed by atoms with van der Waals surface area (Å²) in [4.78, 5) is 35.4. The number of benzene rings is 2. The molecule has 0 saturated carbocycles. The fourth-order valence-electron chi connectivity index (χ4n) is 2.38. The topological polar surface area (TPSA) is 81.7 Å². The van der Waals surface area contributed by atoms with Crippen LogP contribution in [0.1, 0.15) is 35.7 Å². The number of ketones is 1. The van der Waals surface area contributed by atoms with E-state index in [4.69, 9.17) is 4.74 Å². The summed E-state index contributed by atoms with van der Waals surface area (Å²) in [7, 11) is 0. The molecule has 0 spiro atoms. The van der Waals surface area contributed by atoms with Crippen LogP contribution in [0.5, 0.6) is 5.75 Å². The summed E-state index contributed by atoms with van der Waals surface area (Å²) >= 11 is 0. The zero-order valence-electron chi connectivity index (χ0n) is 16.3. The van der Waals surface area contributed by atoms with Crippen LogP contribution in [0.4, 0.5) is 14.5 Å². The van der Waals surface area contributed by atoms with Crippen molar-refractivity contribution in [3.05, 3.63) is 65.7 Å². The number of esters is 1. The molecule has 2 aromatic rings. The number of hydrogen-bond donors (Lipinski definition) is 1. The Morgan fingerprint density at radius 1 is 1.03 bits per heavy atom. The number of carbonyl (C=O) groups is 3. The lowest BCUT2D eigenvalue weighted by molar-refractivity contribution is -0.136. The second-order valence-corrected chi connectivity index (χ2v) is 6.19. The second kappa shape index (κ2) is 11.5. The highest BCUT2D eigenvalue weighted by atomic mass is 19.3. The number of alkyl halides is 2. The molecule has 0 fully saturated rings. The van der Waals surface area contributed by atoms with Crippen LogP contribution in [0.2, 0.25) is 0 Å². The molecule has 0 aromatic heterocycles. The van der Waals surface area contributed by atoms with E-state index in [2.05, 4.69) is 10.1 Å². The Morgan fingerprint density at radius 2 is 1.70 bits per heavy atom. The molecule has 158 valence electrons. The number of amides is 1. The molecule has 0 heterocycles. The van der Waals surface area contributed by atoms with E-state index < -0.39 is 25.0 Å². The van der Waals surface area contributed by atoms with Crippen LogP contribution < -0.4 is 10.1 Å². The summed E-state index contributed by atoms with van der Waals surface area (Å²) in [6.07, 6.45) is 3.70. The summed E-state index contributed by atoms with van der Waals surface area (Å²) in [5, 5.41) is 2.71. The Bertz CT molecular complexity index is 893. The van der Waals surface area contributed by atoms with Gasteiger partial charge in [-0.2, -0.15) is 8.78 Å². The average Bonchev–Trinajstić information content (AvgIpc) is 2.72. The first-order valence-corrected chi connectivity index (χ1v) is 9.20. The molecule has 0 bridgehead atoms. The van der Waals surface area contributed by atoms with Crippen LogP contribution >= 0.6 is 0 Å². The smallest absolute Gasteiger partial charge is 0.387 e. The minimum Gasteiger partial charge on any atom is -0.454 e. The van der Waals surface area contributed by atoms with E-state index in [0.717, 1.165) is 12.5 Å². The maximum atomic E-state index is 12.1. The van der Waals surface area contributed by atoms with E-state index in [1.165, 1.54) is 42.5 Å². The number of carbonyl (C=O) groups excluding carboxylic acids is 3. The van der Waals surface area contributed by atoms with Gasteiger partial charge in [0.25, 0.3) is 0 Å². The predicted octanol–water partition coefficient (Wildman–Crippen LogP) is 4.47. The molecule has 8 heteroatoms. The van der Waals surface area contributed by atoms with Crippen molar-refractivity contribution in [2.24, 2.45) is 0 Å². The highest BCUT2D eigenvalue weighted by Crippen LogP contribution is 2.16. The van der Waals surface area contributed by atoms with Crippen LogP contribution in [-0.2, 0) is 14.3 Å². The van der Waals surface area contributed by atoms with Gasteiger partial charge in [-0.1, -0.05) is 19.1 Å². The van der Waals surface area contributed by atoms with Crippen LogP contribution in [0.3, 0.4) is 0 Å². The molecule has 1 amide bonds. The van der Waals surface area contributed by atoms with Crippen molar-refractivity contribution in [2.45, 2.75) is 26.4 Å². The lowest BCUT2D eigenvalue weighted by atomic mass is 10.1.